The molecule has 5 rings (SSSR count). The number of para-hydroxylation sites is 1. The molecular formula is C30H31N5O4S. The molecule has 3 amide bonds. The minimum Gasteiger partial charge on any atom is -0.467 e. The molecule has 2 unspecified atom stereocenters. The van der Waals surface area contributed by atoms with Gasteiger partial charge >= 0.3 is 0 Å². The number of amidine groups is 2. The van der Waals surface area contributed by atoms with Gasteiger partial charge in [-0.05, 0) is 49.1 Å². The summed E-state index contributed by atoms with van der Waals surface area (Å²) in [4.78, 5) is 50.0. The van der Waals surface area contributed by atoms with Crippen LogP contribution in [-0.2, 0) is 27.3 Å². The molecule has 2 aromatic carbocycles. The van der Waals surface area contributed by atoms with Crippen molar-refractivity contribution in [2.75, 3.05) is 6.54 Å². The van der Waals surface area contributed by atoms with Crippen molar-refractivity contribution < 1.29 is 18.8 Å². The van der Waals surface area contributed by atoms with Gasteiger partial charge in [0.15, 0.2) is 5.17 Å². The van der Waals surface area contributed by atoms with Crippen molar-refractivity contribution in [2.24, 2.45) is 9.98 Å². The molecule has 2 aliphatic rings. The maximum atomic E-state index is 13.6. The summed E-state index contributed by atoms with van der Waals surface area (Å²) in [6.07, 6.45) is 3.32. The fraction of sp³-hybridized carbons (Fsp3) is 0.300. The van der Waals surface area contributed by atoms with Crippen LogP contribution in [-0.4, -0.2) is 51.5 Å². The molecule has 206 valence electrons. The Morgan fingerprint density at radius 3 is 2.62 bits per heavy atom. The Morgan fingerprint density at radius 2 is 1.85 bits per heavy atom. The van der Waals surface area contributed by atoms with Crippen LogP contribution in [0.2, 0.25) is 0 Å². The van der Waals surface area contributed by atoms with Crippen LogP contribution in [0.5, 0.6) is 0 Å². The van der Waals surface area contributed by atoms with Gasteiger partial charge in [-0.3, -0.25) is 19.4 Å². The van der Waals surface area contributed by atoms with E-state index >= 15 is 0 Å². The first kappa shape index (κ1) is 27.4. The third-order valence-corrected chi connectivity index (χ3v) is 8.02. The Bertz CT molecular complexity index is 1420. The average Bonchev–Trinajstić information content (AvgIpc) is 3.62. The van der Waals surface area contributed by atoms with Crippen molar-refractivity contribution in [3.05, 3.63) is 89.9 Å². The highest BCUT2D eigenvalue weighted by Crippen LogP contribution is 2.35. The van der Waals surface area contributed by atoms with Crippen LogP contribution in [0, 0.1) is 0 Å². The molecule has 9 nitrogen and oxygen atoms in total. The second-order valence-electron chi connectivity index (χ2n) is 9.49. The predicted molar refractivity (Wildman–Crippen MR) is 155 cm³/mol. The van der Waals surface area contributed by atoms with Gasteiger partial charge in [-0.1, -0.05) is 61.2 Å². The summed E-state index contributed by atoms with van der Waals surface area (Å²) in [5.41, 5.74) is 2.60. The van der Waals surface area contributed by atoms with E-state index < -0.39 is 11.3 Å². The zero-order valence-electron chi connectivity index (χ0n) is 22.2. The van der Waals surface area contributed by atoms with Crippen molar-refractivity contribution in [1.29, 1.82) is 0 Å². The maximum absolute atomic E-state index is 13.6. The largest absolute Gasteiger partial charge is 0.467 e. The topological polar surface area (TPSA) is 116 Å². The number of thioether (sulfide) groups is 1. The molecule has 2 aliphatic heterocycles. The zero-order valence-corrected chi connectivity index (χ0v) is 23.0. The molecule has 40 heavy (non-hydrogen) atoms. The van der Waals surface area contributed by atoms with E-state index in [2.05, 4.69) is 10.6 Å². The summed E-state index contributed by atoms with van der Waals surface area (Å²) in [6, 6.07) is 20.3. The summed E-state index contributed by atoms with van der Waals surface area (Å²) in [7, 11) is 0. The fourth-order valence-electron chi connectivity index (χ4n) is 4.57. The lowest BCUT2D eigenvalue weighted by molar-refractivity contribution is -0.125. The lowest BCUT2D eigenvalue weighted by atomic mass is 10.1. The molecule has 2 atom stereocenters. The third kappa shape index (κ3) is 6.34. The Balaban J connectivity index is 1.24. The van der Waals surface area contributed by atoms with E-state index in [4.69, 9.17) is 14.4 Å². The second-order valence-corrected chi connectivity index (χ2v) is 10.7. The SMILES string of the molecule is CCC(SC1=Nc2ccccc2C2=NC(CCC(=O)NCCc3ccccc3)C(=O)N12)C(=O)NCc1ccco1. The Labute approximate surface area is 237 Å². The van der Waals surface area contributed by atoms with Crippen LogP contribution < -0.4 is 10.6 Å². The van der Waals surface area contributed by atoms with E-state index in [9.17, 15) is 14.4 Å². The highest BCUT2D eigenvalue weighted by molar-refractivity contribution is 8.15. The van der Waals surface area contributed by atoms with Crippen LogP contribution >= 0.6 is 11.8 Å². The summed E-state index contributed by atoms with van der Waals surface area (Å²) in [5, 5.41) is 5.78. The first-order valence-corrected chi connectivity index (χ1v) is 14.3. The van der Waals surface area contributed by atoms with Crippen molar-refractivity contribution in [1.82, 2.24) is 15.5 Å². The van der Waals surface area contributed by atoms with Crippen LogP contribution in [0.15, 0.2) is 87.4 Å². The van der Waals surface area contributed by atoms with Crippen molar-refractivity contribution >= 4 is 46.2 Å². The number of fused-ring (bicyclic) bond motifs is 3. The third-order valence-electron chi connectivity index (χ3n) is 6.70. The monoisotopic (exact) mass is 557 g/mol. The van der Waals surface area contributed by atoms with Gasteiger partial charge in [-0.2, -0.15) is 0 Å². The Hall–Kier alpha value is -4.18. The molecule has 0 aliphatic carbocycles. The van der Waals surface area contributed by atoms with E-state index in [1.807, 2.05) is 61.5 Å². The number of rotatable bonds is 11. The molecule has 3 heterocycles. The quantitative estimate of drug-likeness (QED) is 0.367. The molecular weight excluding hydrogens is 526 g/mol. The number of hydrogen-bond acceptors (Lipinski definition) is 7. The fourth-order valence-corrected chi connectivity index (χ4v) is 5.61. The molecule has 3 aromatic rings. The van der Waals surface area contributed by atoms with E-state index in [1.165, 1.54) is 16.7 Å². The van der Waals surface area contributed by atoms with Crippen LogP contribution in [0.4, 0.5) is 5.69 Å². The number of amides is 3. The average molecular weight is 558 g/mol. The highest BCUT2D eigenvalue weighted by atomic mass is 32.2. The number of carbonyl (C=O) groups is 3. The first-order valence-electron chi connectivity index (χ1n) is 13.4. The highest BCUT2D eigenvalue weighted by Gasteiger charge is 2.42. The summed E-state index contributed by atoms with van der Waals surface area (Å²) in [5.74, 6) is 0.654. The predicted octanol–water partition coefficient (Wildman–Crippen LogP) is 4.21. The number of benzene rings is 2. The van der Waals surface area contributed by atoms with Gasteiger partial charge in [0.05, 0.1) is 23.7 Å². The molecule has 0 saturated carbocycles. The number of nitrogens with one attached hydrogen (secondary N) is 2. The van der Waals surface area contributed by atoms with Gasteiger partial charge in [-0.15, -0.1) is 0 Å². The molecule has 1 aromatic heterocycles. The van der Waals surface area contributed by atoms with Crippen LogP contribution in [0.3, 0.4) is 0 Å². The normalized spacial score (nSPS) is 16.5. The molecule has 0 spiro atoms. The smallest absolute Gasteiger partial charge is 0.259 e. The Morgan fingerprint density at radius 1 is 1.05 bits per heavy atom. The minimum atomic E-state index is -0.695. The lowest BCUT2D eigenvalue weighted by Crippen LogP contribution is -2.43. The van der Waals surface area contributed by atoms with Gasteiger partial charge in [0, 0.05) is 18.5 Å². The number of aliphatic imine (C=N–C) groups is 2. The summed E-state index contributed by atoms with van der Waals surface area (Å²) in [6.45, 7) is 2.73. The van der Waals surface area contributed by atoms with E-state index in [-0.39, 0.29) is 37.1 Å². The van der Waals surface area contributed by atoms with Gasteiger partial charge < -0.3 is 15.1 Å². The van der Waals surface area contributed by atoms with Crippen molar-refractivity contribution in [2.45, 2.75) is 50.4 Å². The molecule has 0 fully saturated rings. The van der Waals surface area contributed by atoms with E-state index in [0.717, 1.165) is 17.5 Å². The standard InChI is InChI=1S/C30H31N5O4S/c1-2-25(28(37)32-19-21-11-8-18-39-21)40-30-34-23-13-7-6-12-22(23)27-33-24(29(38)35(27)30)14-15-26(36)31-17-16-20-9-4-3-5-10-20/h3-13,18,24-25H,2,14-17,19H2,1H3,(H,31,36)(H,32,37). The summed E-state index contributed by atoms with van der Waals surface area (Å²) < 4.78 is 5.31. The number of carbonyl (C=O) groups excluding carboxylic acids is 3. The van der Waals surface area contributed by atoms with Gasteiger partial charge in [0.25, 0.3) is 5.91 Å². The van der Waals surface area contributed by atoms with E-state index in [0.29, 0.717) is 35.4 Å². The molecule has 0 bridgehead atoms. The van der Waals surface area contributed by atoms with Crippen LogP contribution in [0.25, 0.3) is 0 Å². The molecule has 0 radical (unpaired) electrons. The second kappa shape index (κ2) is 12.8. The minimum absolute atomic E-state index is 0.114. The lowest BCUT2D eigenvalue weighted by Gasteiger charge is -2.27. The number of furan rings is 1. The number of nitrogens with zero attached hydrogens (tertiary/aromatic N) is 3. The molecule has 10 heteroatoms. The van der Waals surface area contributed by atoms with Gasteiger partial charge in [0.1, 0.15) is 17.6 Å². The van der Waals surface area contributed by atoms with Crippen molar-refractivity contribution in [3.63, 3.8) is 0 Å². The van der Waals surface area contributed by atoms with Crippen molar-refractivity contribution in [3.8, 4) is 0 Å². The molecule has 2 N–H and O–H groups in total. The Kier molecular flexibility index (Phi) is 8.75. The number of hydrogen-bond donors (Lipinski definition) is 2. The maximum Gasteiger partial charge on any atom is 0.259 e. The molecule has 0 saturated heterocycles. The van der Waals surface area contributed by atoms with Gasteiger partial charge in [0.2, 0.25) is 11.8 Å². The van der Waals surface area contributed by atoms with Crippen LogP contribution in [0.1, 0.15) is 43.1 Å². The zero-order chi connectivity index (χ0) is 27.9. The van der Waals surface area contributed by atoms with E-state index in [1.54, 1.807) is 18.4 Å². The first-order chi connectivity index (χ1) is 19.5. The van der Waals surface area contributed by atoms with Gasteiger partial charge in [-0.25, -0.2) is 9.89 Å². The summed E-state index contributed by atoms with van der Waals surface area (Å²) >= 11 is 1.24.